The normalized spacial score (nSPS) is 14.0. The Morgan fingerprint density at radius 1 is 0.966 bits per heavy atom. The Bertz CT molecular complexity index is 1000. The van der Waals surface area contributed by atoms with E-state index < -0.39 is 5.82 Å². The van der Waals surface area contributed by atoms with Gasteiger partial charge < -0.3 is 15.1 Å². The minimum Gasteiger partial charge on any atom is -0.368 e. The van der Waals surface area contributed by atoms with Gasteiger partial charge in [-0.1, -0.05) is 18.2 Å². The van der Waals surface area contributed by atoms with Crippen LogP contribution in [0.5, 0.6) is 0 Å². The third kappa shape index (κ3) is 4.51. The van der Waals surface area contributed by atoms with E-state index in [0.717, 1.165) is 26.2 Å². The second-order valence-corrected chi connectivity index (χ2v) is 7.05. The van der Waals surface area contributed by atoms with Crippen LogP contribution in [0.3, 0.4) is 0 Å². The molecule has 1 aromatic heterocycles. The summed E-state index contributed by atoms with van der Waals surface area (Å²) in [6.07, 6.45) is 3.01. The summed E-state index contributed by atoms with van der Waals surface area (Å²) in [5.41, 5.74) is 3.21. The van der Waals surface area contributed by atoms with Crippen LogP contribution in [0.1, 0.15) is 15.9 Å². The summed E-state index contributed by atoms with van der Waals surface area (Å²) >= 11 is 0. The number of aromatic nitrogens is 2. The number of rotatable bonds is 4. The predicted molar refractivity (Wildman–Crippen MR) is 112 cm³/mol. The molecule has 0 radical (unpaired) electrons. The zero-order chi connectivity index (χ0) is 20.2. The van der Waals surface area contributed by atoms with Crippen LogP contribution in [0.15, 0.2) is 60.9 Å². The Morgan fingerprint density at radius 2 is 1.66 bits per heavy atom. The molecule has 1 aliphatic rings. The van der Waals surface area contributed by atoms with Gasteiger partial charge in [0, 0.05) is 49.9 Å². The highest BCUT2D eigenvalue weighted by atomic mass is 19.1. The lowest BCUT2D eigenvalue weighted by Crippen LogP contribution is -2.47. The summed E-state index contributed by atoms with van der Waals surface area (Å²) in [6, 6.07) is 14.3. The number of aryl methyl sites for hydroxylation is 1. The van der Waals surface area contributed by atoms with E-state index in [9.17, 15) is 9.18 Å². The van der Waals surface area contributed by atoms with Crippen molar-refractivity contribution in [3.8, 4) is 0 Å². The number of anilines is 3. The van der Waals surface area contributed by atoms with Crippen molar-refractivity contribution in [3.63, 3.8) is 0 Å². The van der Waals surface area contributed by atoms with E-state index >= 15 is 0 Å². The van der Waals surface area contributed by atoms with Gasteiger partial charge in [-0.05, 0) is 42.8 Å². The first-order valence-corrected chi connectivity index (χ1v) is 9.54. The van der Waals surface area contributed by atoms with E-state index in [1.165, 1.54) is 35.8 Å². The molecule has 1 aliphatic heterocycles. The first-order valence-electron chi connectivity index (χ1n) is 9.54. The lowest BCUT2D eigenvalue weighted by molar-refractivity contribution is 0.102. The molecule has 2 aromatic carbocycles. The molecule has 3 aromatic rings. The fourth-order valence-electron chi connectivity index (χ4n) is 3.36. The predicted octanol–water partition coefficient (Wildman–Crippen LogP) is 3.50. The van der Waals surface area contributed by atoms with E-state index in [-0.39, 0.29) is 5.91 Å². The van der Waals surface area contributed by atoms with E-state index in [0.29, 0.717) is 17.2 Å². The summed E-state index contributed by atoms with van der Waals surface area (Å²) < 4.78 is 13.2. The molecule has 0 unspecified atom stereocenters. The van der Waals surface area contributed by atoms with Crippen molar-refractivity contribution in [2.45, 2.75) is 6.92 Å². The summed E-state index contributed by atoms with van der Waals surface area (Å²) in [6.45, 7) is 5.48. The molecule has 0 atom stereocenters. The molecule has 1 N–H and O–H groups in total. The third-order valence-electron chi connectivity index (χ3n) is 4.91. The van der Waals surface area contributed by atoms with E-state index in [1.54, 1.807) is 12.1 Å². The summed E-state index contributed by atoms with van der Waals surface area (Å²) in [7, 11) is 0. The van der Waals surface area contributed by atoms with Gasteiger partial charge in [0.25, 0.3) is 5.91 Å². The van der Waals surface area contributed by atoms with E-state index in [1.807, 2.05) is 0 Å². The van der Waals surface area contributed by atoms with Gasteiger partial charge in [0.05, 0.1) is 5.56 Å². The molecule has 0 aliphatic carbocycles. The Balaban J connectivity index is 1.36. The van der Waals surface area contributed by atoms with Crippen molar-refractivity contribution >= 4 is 23.2 Å². The van der Waals surface area contributed by atoms with Crippen molar-refractivity contribution < 1.29 is 9.18 Å². The van der Waals surface area contributed by atoms with Crippen LogP contribution in [-0.2, 0) is 0 Å². The summed E-state index contributed by atoms with van der Waals surface area (Å²) in [4.78, 5) is 25.5. The fraction of sp³-hybridized carbons (Fsp3) is 0.227. The highest BCUT2D eigenvalue weighted by molar-refractivity contribution is 6.03. The maximum absolute atomic E-state index is 13.2. The Morgan fingerprint density at radius 3 is 2.34 bits per heavy atom. The molecule has 1 fully saturated rings. The average molecular weight is 391 g/mol. The molecule has 4 rings (SSSR count). The molecule has 7 heteroatoms. The van der Waals surface area contributed by atoms with Gasteiger partial charge in [0.1, 0.15) is 5.82 Å². The minimum absolute atomic E-state index is 0.330. The Kier molecular flexibility index (Phi) is 5.37. The van der Waals surface area contributed by atoms with Crippen LogP contribution in [0.2, 0.25) is 0 Å². The maximum Gasteiger partial charge on any atom is 0.258 e. The molecular weight excluding hydrogens is 369 g/mol. The summed E-state index contributed by atoms with van der Waals surface area (Å²) in [5.74, 6) is -0.165. The standard InChI is InChI=1S/C22H22FN5O/c1-16-4-2-7-20(12-16)27-8-10-28(11-9-27)22-24-14-17(15-25-22)21(29)26-19-6-3-5-18(23)13-19/h2-7,12-15H,8-11H2,1H3,(H,26,29). The monoisotopic (exact) mass is 391 g/mol. The van der Waals surface area contributed by atoms with Gasteiger partial charge in [-0.15, -0.1) is 0 Å². The van der Waals surface area contributed by atoms with Crippen LogP contribution in [0.4, 0.5) is 21.7 Å². The van der Waals surface area contributed by atoms with E-state index in [4.69, 9.17) is 0 Å². The molecule has 1 amide bonds. The Labute approximate surface area is 169 Å². The van der Waals surface area contributed by atoms with Gasteiger partial charge in [-0.25, -0.2) is 14.4 Å². The molecule has 0 saturated carbocycles. The van der Waals surface area contributed by atoms with Crippen molar-refractivity contribution in [2.75, 3.05) is 41.3 Å². The van der Waals surface area contributed by atoms with Crippen LogP contribution < -0.4 is 15.1 Å². The van der Waals surface area contributed by atoms with Crippen LogP contribution in [0, 0.1) is 12.7 Å². The molecule has 6 nitrogen and oxygen atoms in total. The number of hydrogen-bond acceptors (Lipinski definition) is 5. The van der Waals surface area contributed by atoms with Gasteiger partial charge in [-0.3, -0.25) is 4.79 Å². The molecule has 29 heavy (non-hydrogen) atoms. The van der Waals surface area contributed by atoms with Crippen LogP contribution in [-0.4, -0.2) is 42.1 Å². The number of benzene rings is 2. The third-order valence-corrected chi connectivity index (χ3v) is 4.91. The number of amides is 1. The van der Waals surface area contributed by atoms with Crippen molar-refractivity contribution in [2.24, 2.45) is 0 Å². The molecule has 2 heterocycles. The van der Waals surface area contributed by atoms with Gasteiger partial charge in [0.15, 0.2) is 0 Å². The highest BCUT2D eigenvalue weighted by Crippen LogP contribution is 2.19. The second-order valence-electron chi connectivity index (χ2n) is 7.05. The lowest BCUT2D eigenvalue weighted by Gasteiger charge is -2.36. The minimum atomic E-state index is -0.404. The smallest absolute Gasteiger partial charge is 0.258 e. The van der Waals surface area contributed by atoms with Crippen LogP contribution in [0.25, 0.3) is 0 Å². The zero-order valence-corrected chi connectivity index (χ0v) is 16.2. The quantitative estimate of drug-likeness (QED) is 0.738. The topological polar surface area (TPSA) is 61.4 Å². The fourth-order valence-corrected chi connectivity index (χ4v) is 3.36. The largest absolute Gasteiger partial charge is 0.368 e. The number of carbonyl (C=O) groups is 1. The second kappa shape index (κ2) is 8.26. The summed E-state index contributed by atoms with van der Waals surface area (Å²) in [5, 5.41) is 2.65. The number of hydrogen-bond donors (Lipinski definition) is 1. The molecule has 0 bridgehead atoms. The molecule has 148 valence electrons. The van der Waals surface area contributed by atoms with Gasteiger partial charge in [-0.2, -0.15) is 0 Å². The number of nitrogens with zero attached hydrogens (tertiary/aromatic N) is 4. The number of carbonyl (C=O) groups excluding carboxylic acids is 1. The number of nitrogens with one attached hydrogen (secondary N) is 1. The van der Waals surface area contributed by atoms with Crippen molar-refractivity contribution in [3.05, 3.63) is 77.9 Å². The highest BCUT2D eigenvalue weighted by Gasteiger charge is 2.19. The first-order chi connectivity index (χ1) is 14.1. The van der Waals surface area contributed by atoms with E-state index in [2.05, 4.69) is 56.3 Å². The van der Waals surface area contributed by atoms with Crippen molar-refractivity contribution in [1.29, 1.82) is 0 Å². The van der Waals surface area contributed by atoms with Crippen molar-refractivity contribution in [1.82, 2.24) is 9.97 Å². The molecular formula is C22H22FN5O. The lowest BCUT2D eigenvalue weighted by atomic mass is 10.2. The van der Waals surface area contributed by atoms with Crippen LogP contribution >= 0.6 is 0 Å². The number of piperazine rings is 1. The molecule has 1 saturated heterocycles. The van der Waals surface area contributed by atoms with Gasteiger partial charge >= 0.3 is 0 Å². The number of halogens is 1. The zero-order valence-electron chi connectivity index (χ0n) is 16.2. The SMILES string of the molecule is Cc1cccc(N2CCN(c3ncc(C(=O)Nc4cccc(F)c4)cn3)CC2)c1. The average Bonchev–Trinajstić information content (AvgIpc) is 2.74. The Hall–Kier alpha value is -3.48. The maximum atomic E-state index is 13.2. The molecule has 0 spiro atoms. The van der Waals surface area contributed by atoms with Gasteiger partial charge in [0.2, 0.25) is 5.95 Å². The first kappa shape index (κ1) is 18.9.